The van der Waals surface area contributed by atoms with Gasteiger partial charge in [-0.15, -0.1) is 0 Å². The smallest absolute Gasteiger partial charge is 0.119 e. The highest BCUT2D eigenvalue weighted by molar-refractivity contribution is 5.38. The summed E-state index contributed by atoms with van der Waals surface area (Å²) in [5.74, 6) is 9.09. The number of ether oxygens (including phenoxy) is 1. The zero-order chi connectivity index (χ0) is 20.3. The van der Waals surface area contributed by atoms with E-state index in [4.69, 9.17) is 4.74 Å². The number of hydrogen-bond donors (Lipinski definition) is 0. The van der Waals surface area contributed by atoms with Crippen molar-refractivity contribution in [1.29, 1.82) is 0 Å². The fourth-order valence-electron chi connectivity index (χ4n) is 4.15. The highest BCUT2D eigenvalue weighted by Crippen LogP contribution is 2.35. The normalized spacial score (nSPS) is 18.7. The van der Waals surface area contributed by atoms with Crippen LogP contribution in [0.25, 0.3) is 0 Å². The Kier molecular flexibility index (Phi) is 8.69. The molecule has 3 rings (SSSR count). The highest BCUT2D eigenvalue weighted by atomic mass is 16.5. The van der Waals surface area contributed by atoms with Crippen molar-refractivity contribution in [3.8, 4) is 17.6 Å². The van der Waals surface area contributed by atoms with Crippen molar-refractivity contribution in [3.05, 3.63) is 65.2 Å². The largest absolute Gasteiger partial charge is 0.494 e. The number of hydrogen-bond acceptors (Lipinski definition) is 1. The first kappa shape index (κ1) is 21.5. The molecule has 0 spiro atoms. The van der Waals surface area contributed by atoms with Crippen LogP contribution in [0.15, 0.2) is 48.5 Å². The van der Waals surface area contributed by atoms with Crippen LogP contribution in [0.2, 0.25) is 0 Å². The molecule has 1 heteroatoms. The second kappa shape index (κ2) is 11.7. The van der Waals surface area contributed by atoms with E-state index in [2.05, 4.69) is 62.1 Å². The minimum atomic E-state index is 0.538. The number of aryl methyl sites for hydroxylation is 1. The van der Waals surface area contributed by atoms with E-state index in [9.17, 15) is 0 Å². The molecule has 2 aromatic rings. The Morgan fingerprint density at radius 2 is 1.55 bits per heavy atom. The second-order valence-corrected chi connectivity index (χ2v) is 8.39. The van der Waals surface area contributed by atoms with Crippen LogP contribution in [-0.4, -0.2) is 6.61 Å². The van der Waals surface area contributed by atoms with E-state index in [1.807, 2.05) is 12.1 Å². The molecule has 0 saturated heterocycles. The lowest BCUT2D eigenvalue weighted by Gasteiger charge is -2.26. The summed E-state index contributed by atoms with van der Waals surface area (Å²) in [6.07, 6.45) is 11.2. The van der Waals surface area contributed by atoms with Crippen LogP contribution in [0.4, 0.5) is 0 Å². The summed E-state index contributed by atoms with van der Waals surface area (Å²) in [4.78, 5) is 0. The van der Waals surface area contributed by atoms with Crippen molar-refractivity contribution >= 4 is 0 Å². The van der Waals surface area contributed by atoms with Crippen LogP contribution in [0.1, 0.15) is 87.8 Å². The van der Waals surface area contributed by atoms with Crippen molar-refractivity contribution in [3.63, 3.8) is 0 Å². The van der Waals surface area contributed by atoms with Gasteiger partial charge in [0.2, 0.25) is 0 Å². The van der Waals surface area contributed by atoms with E-state index >= 15 is 0 Å². The van der Waals surface area contributed by atoms with Crippen molar-refractivity contribution in [2.24, 2.45) is 5.92 Å². The predicted molar refractivity (Wildman–Crippen MR) is 123 cm³/mol. The molecular formula is C28H36O. The van der Waals surface area contributed by atoms with Gasteiger partial charge in [-0.3, -0.25) is 0 Å². The van der Waals surface area contributed by atoms with E-state index < -0.39 is 0 Å². The van der Waals surface area contributed by atoms with Crippen molar-refractivity contribution in [1.82, 2.24) is 0 Å². The van der Waals surface area contributed by atoms with E-state index in [0.717, 1.165) is 24.3 Å². The van der Waals surface area contributed by atoms with Crippen LogP contribution >= 0.6 is 0 Å². The third-order valence-corrected chi connectivity index (χ3v) is 6.00. The topological polar surface area (TPSA) is 9.23 Å². The van der Waals surface area contributed by atoms with Crippen LogP contribution in [0, 0.1) is 17.8 Å². The standard InChI is InChI=1S/C28H36O/c1-3-5-6-7-23-10-16-26(17-11-23)27-18-12-24(13-19-27)8-9-25-14-20-28(21-15-25)29-22-4-2/h10-11,14-17,20-21,24,27H,3-7,12-13,18-19,22H2,1-2H3/t24-,27-. The van der Waals surface area contributed by atoms with Crippen LogP contribution in [-0.2, 0) is 6.42 Å². The summed E-state index contributed by atoms with van der Waals surface area (Å²) >= 11 is 0. The van der Waals surface area contributed by atoms with E-state index in [1.165, 1.54) is 62.5 Å². The lowest BCUT2D eigenvalue weighted by molar-refractivity contribution is 0.317. The molecule has 0 N–H and O–H groups in total. The Labute approximate surface area is 177 Å². The summed E-state index contributed by atoms with van der Waals surface area (Å²) in [5.41, 5.74) is 4.11. The van der Waals surface area contributed by atoms with E-state index in [1.54, 1.807) is 0 Å². The first-order chi connectivity index (χ1) is 14.3. The Balaban J connectivity index is 1.46. The molecule has 0 bridgehead atoms. The number of rotatable bonds is 8. The summed E-state index contributed by atoms with van der Waals surface area (Å²) in [7, 11) is 0. The monoisotopic (exact) mass is 388 g/mol. The van der Waals surface area contributed by atoms with Crippen molar-refractivity contribution < 1.29 is 4.74 Å². The lowest BCUT2D eigenvalue weighted by Crippen LogP contribution is -2.12. The molecule has 0 heterocycles. The summed E-state index contributed by atoms with van der Waals surface area (Å²) < 4.78 is 5.64. The summed E-state index contributed by atoms with van der Waals surface area (Å²) in [5, 5.41) is 0. The molecule has 154 valence electrons. The van der Waals surface area contributed by atoms with Gasteiger partial charge in [0.25, 0.3) is 0 Å². The lowest BCUT2D eigenvalue weighted by atomic mass is 9.78. The van der Waals surface area contributed by atoms with E-state index in [-0.39, 0.29) is 0 Å². The second-order valence-electron chi connectivity index (χ2n) is 8.39. The number of unbranched alkanes of at least 4 members (excludes halogenated alkanes) is 2. The first-order valence-electron chi connectivity index (χ1n) is 11.6. The average Bonchev–Trinajstić information content (AvgIpc) is 2.78. The molecule has 29 heavy (non-hydrogen) atoms. The third kappa shape index (κ3) is 6.97. The third-order valence-electron chi connectivity index (χ3n) is 6.00. The molecule has 0 radical (unpaired) electrons. The van der Waals surface area contributed by atoms with Gasteiger partial charge in [0, 0.05) is 11.5 Å². The van der Waals surface area contributed by atoms with Gasteiger partial charge in [0.15, 0.2) is 0 Å². The van der Waals surface area contributed by atoms with Gasteiger partial charge in [-0.2, -0.15) is 0 Å². The van der Waals surface area contributed by atoms with Gasteiger partial charge < -0.3 is 4.74 Å². The zero-order valence-electron chi connectivity index (χ0n) is 18.3. The molecule has 0 aliphatic heterocycles. The maximum Gasteiger partial charge on any atom is 0.119 e. The maximum absolute atomic E-state index is 5.64. The van der Waals surface area contributed by atoms with Crippen LogP contribution in [0.5, 0.6) is 5.75 Å². The number of benzene rings is 2. The molecule has 1 aliphatic rings. The van der Waals surface area contributed by atoms with Gasteiger partial charge in [-0.25, -0.2) is 0 Å². The fraction of sp³-hybridized carbons (Fsp3) is 0.500. The fourth-order valence-corrected chi connectivity index (χ4v) is 4.15. The van der Waals surface area contributed by atoms with Crippen LogP contribution in [0.3, 0.4) is 0 Å². The summed E-state index contributed by atoms with van der Waals surface area (Å²) in [6, 6.07) is 17.7. The molecule has 0 aromatic heterocycles. The minimum absolute atomic E-state index is 0.538. The zero-order valence-corrected chi connectivity index (χ0v) is 18.3. The quantitative estimate of drug-likeness (QED) is 0.335. The molecule has 0 amide bonds. The Hall–Kier alpha value is -2.20. The SMILES string of the molecule is CCCCCc1ccc([C@H]2CC[C@H](C#Cc3ccc(OCCC)cc3)CC2)cc1. The molecule has 2 aromatic carbocycles. The van der Waals surface area contributed by atoms with Gasteiger partial charge in [-0.05, 0) is 86.3 Å². The molecule has 1 saturated carbocycles. The van der Waals surface area contributed by atoms with Gasteiger partial charge >= 0.3 is 0 Å². The van der Waals surface area contributed by atoms with Gasteiger partial charge in [-0.1, -0.05) is 62.8 Å². The highest BCUT2D eigenvalue weighted by Gasteiger charge is 2.21. The van der Waals surface area contributed by atoms with Gasteiger partial charge in [0.1, 0.15) is 5.75 Å². The molecule has 1 nitrogen and oxygen atoms in total. The van der Waals surface area contributed by atoms with E-state index in [0.29, 0.717) is 11.8 Å². The first-order valence-corrected chi connectivity index (χ1v) is 11.6. The molecule has 1 aliphatic carbocycles. The predicted octanol–water partition coefficient (Wildman–Crippen LogP) is 7.53. The Morgan fingerprint density at radius 3 is 2.21 bits per heavy atom. The molecule has 0 atom stereocenters. The average molecular weight is 389 g/mol. The minimum Gasteiger partial charge on any atom is -0.494 e. The van der Waals surface area contributed by atoms with Crippen LogP contribution < -0.4 is 4.74 Å². The Bertz CT molecular complexity index is 768. The van der Waals surface area contributed by atoms with Crippen molar-refractivity contribution in [2.75, 3.05) is 6.61 Å². The van der Waals surface area contributed by atoms with Gasteiger partial charge in [0.05, 0.1) is 6.61 Å². The Morgan fingerprint density at radius 1 is 0.828 bits per heavy atom. The maximum atomic E-state index is 5.64. The van der Waals surface area contributed by atoms with Crippen molar-refractivity contribution in [2.45, 2.75) is 77.6 Å². The molecular weight excluding hydrogens is 352 g/mol. The summed E-state index contributed by atoms with van der Waals surface area (Å²) in [6.45, 7) is 5.16. The molecule has 0 unspecified atom stereocenters. The molecule has 1 fully saturated rings.